The maximum Gasteiger partial charge on any atom is 0.435 e. The van der Waals surface area contributed by atoms with Crippen LogP contribution in [0.1, 0.15) is 19.5 Å². The third-order valence-electron chi connectivity index (χ3n) is 3.16. The molecule has 0 spiro atoms. The van der Waals surface area contributed by atoms with Gasteiger partial charge in [0, 0.05) is 17.3 Å². The van der Waals surface area contributed by atoms with E-state index < -0.39 is 11.9 Å². The molecule has 0 atom stereocenters. The van der Waals surface area contributed by atoms with Crippen molar-refractivity contribution in [3.8, 4) is 5.69 Å². The van der Waals surface area contributed by atoms with E-state index in [-0.39, 0.29) is 23.0 Å². The van der Waals surface area contributed by atoms with Crippen molar-refractivity contribution >= 4 is 28.6 Å². The number of hydrogen-bond donors (Lipinski definition) is 1. The zero-order valence-electron chi connectivity index (χ0n) is 12.8. The maximum absolute atomic E-state index is 13.3. The zero-order chi connectivity index (χ0) is 17.5. The van der Waals surface area contributed by atoms with Crippen LogP contribution in [0.15, 0.2) is 30.5 Å². The Morgan fingerprint density at radius 1 is 1.25 bits per heavy atom. The van der Waals surface area contributed by atoms with Crippen molar-refractivity contribution < 1.29 is 13.2 Å². The van der Waals surface area contributed by atoms with E-state index >= 15 is 0 Å². The van der Waals surface area contributed by atoms with Gasteiger partial charge in [-0.1, -0.05) is 17.7 Å². The molecule has 0 aliphatic heterocycles. The summed E-state index contributed by atoms with van der Waals surface area (Å²) >= 11 is 5.93. The van der Waals surface area contributed by atoms with Crippen molar-refractivity contribution in [2.24, 2.45) is 0 Å². The van der Waals surface area contributed by atoms with Crippen LogP contribution in [0.5, 0.6) is 0 Å². The molecule has 0 amide bonds. The molecule has 2 aromatic heterocycles. The summed E-state index contributed by atoms with van der Waals surface area (Å²) in [6.45, 7) is 3.76. The minimum atomic E-state index is -4.61. The number of fused-ring (bicyclic) bond motifs is 1. The molecule has 0 radical (unpaired) electrons. The van der Waals surface area contributed by atoms with Crippen molar-refractivity contribution in [3.63, 3.8) is 0 Å². The Labute approximate surface area is 140 Å². The lowest BCUT2D eigenvalue weighted by atomic mass is 10.3. The summed E-state index contributed by atoms with van der Waals surface area (Å²) < 4.78 is 40.9. The SMILES string of the molecule is CC(C)Nc1ncc2c(C(F)(F)F)nn(-c3cccc(Cl)c3)c2n1. The predicted molar refractivity (Wildman–Crippen MR) is 85.4 cm³/mol. The number of anilines is 1. The maximum atomic E-state index is 13.3. The summed E-state index contributed by atoms with van der Waals surface area (Å²) in [5.74, 6) is 0.231. The zero-order valence-corrected chi connectivity index (χ0v) is 13.5. The number of hydrogen-bond acceptors (Lipinski definition) is 4. The molecule has 3 rings (SSSR count). The third kappa shape index (κ3) is 3.14. The second kappa shape index (κ2) is 5.94. The largest absolute Gasteiger partial charge is 0.435 e. The molecule has 0 aliphatic rings. The van der Waals surface area contributed by atoms with Crippen LogP contribution in [-0.4, -0.2) is 25.8 Å². The van der Waals surface area contributed by atoms with Crippen molar-refractivity contribution in [1.29, 1.82) is 0 Å². The minimum Gasteiger partial charge on any atom is -0.352 e. The van der Waals surface area contributed by atoms with Gasteiger partial charge < -0.3 is 5.32 Å². The van der Waals surface area contributed by atoms with Crippen molar-refractivity contribution in [3.05, 3.63) is 41.2 Å². The predicted octanol–water partition coefficient (Wildman–Crippen LogP) is 4.31. The van der Waals surface area contributed by atoms with Gasteiger partial charge in [-0.3, -0.25) is 0 Å². The summed E-state index contributed by atoms with van der Waals surface area (Å²) in [5.41, 5.74) is -0.589. The molecule has 1 aromatic carbocycles. The fourth-order valence-corrected chi connectivity index (χ4v) is 2.41. The van der Waals surface area contributed by atoms with Gasteiger partial charge in [-0.2, -0.15) is 23.3 Å². The lowest BCUT2D eigenvalue weighted by molar-refractivity contribution is -0.140. The lowest BCUT2D eigenvalue weighted by Crippen LogP contribution is -2.12. The number of nitrogens with zero attached hydrogens (tertiary/aromatic N) is 4. The normalized spacial score (nSPS) is 12.1. The van der Waals surface area contributed by atoms with Gasteiger partial charge in [0.2, 0.25) is 5.95 Å². The van der Waals surface area contributed by atoms with Gasteiger partial charge in [-0.15, -0.1) is 0 Å². The number of benzene rings is 1. The molecule has 2 heterocycles. The molecule has 0 aliphatic carbocycles. The number of rotatable bonds is 3. The summed E-state index contributed by atoms with van der Waals surface area (Å²) in [4.78, 5) is 8.13. The first-order valence-corrected chi connectivity index (χ1v) is 7.49. The van der Waals surface area contributed by atoms with Gasteiger partial charge in [0.05, 0.1) is 11.1 Å². The van der Waals surface area contributed by atoms with Gasteiger partial charge in [0.1, 0.15) is 0 Å². The molecule has 3 aromatic rings. The van der Waals surface area contributed by atoms with Crippen LogP contribution in [0.2, 0.25) is 5.02 Å². The molecule has 9 heteroatoms. The number of halogens is 4. The number of nitrogens with one attached hydrogen (secondary N) is 1. The van der Waals surface area contributed by atoms with Crippen LogP contribution in [-0.2, 0) is 6.18 Å². The summed E-state index contributed by atoms with van der Waals surface area (Å²) in [5, 5.41) is 6.88. The summed E-state index contributed by atoms with van der Waals surface area (Å²) in [6, 6.07) is 6.42. The van der Waals surface area contributed by atoms with E-state index in [9.17, 15) is 13.2 Å². The second-order valence-corrected chi connectivity index (χ2v) is 5.90. The Morgan fingerprint density at radius 2 is 2.00 bits per heavy atom. The topological polar surface area (TPSA) is 55.6 Å². The fraction of sp³-hybridized carbons (Fsp3) is 0.267. The van der Waals surface area contributed by atoms with Gasteiger partial charge in [-0.25, -0.2) is 9.67 Å². The average molecular weight is 356 g/mol. The Bertz CT molecular complexity index is 888. The molecular weight excluding hydrogens is 343 g/mol. The van der Waals surface area contributed by atoms with Crippen molar-refractivity contribution in [2.45, 2.75) is 26.1 Å². The molecule has 0 saturated carbocycles. The Balaban J connectivity index is 2.26. The molecule has 24 heavy (non-hydrogen) atoms. The first-order chi connectivity index (χ1) is 11.3. The van der Waals surface area contributed by atoms with E-state index in [1.54, 1.807) is 18.2 Å². The van der Waals surface area contributed by atoms with Crippen LogP contribution in [0.3, 0.4) is 0 Å². The highest BCUT2D eigenvalue weighted by Crippen LogP contribution is 2.34. The molecule has 0 bridgehead atoms. The van der Waals surface area contributed by atoms with E-state index in [2.05, 4.69) is 20.4 Å². The van der Waals surface area contributed by atoms with E-state index in [4.69, 9.17) is 11.6 Å². The molecule has 1 N–H and O–H groups in total. The summed E-state index contributed by atoms with van der Waals surface area (Å²) in [6.07, 6.45) is -3.48. The Kier molecular flexibility index (Phi) is 4.08. The second-order valence-electron chi connectivity index (χ2n) is 5.47. The summed E-state index contributed by atoms with van der Waals surface area (Å²) in [7, 11) is 0. The van der Waals surface area contributed by atoms with E-state index in [1.807, 2.05) is 13.8 Å². The monoisotopic (exact) mass is 355 g/mol. The van der Waals surface area contributed by atoms with Crippen molar-refractivity contribution in [2.75, 3.05) is 5.32 Å². The van der Waals surface area contributed by atoms with Gasteiger partial charge in [-0.05, 0) is 32.0 Å². The minimum absolute atomic E-state index is 0.0343. The van der Waals surface area contributed by atoms with Crippen LogP contribution < -0.4 is 5.32 Å². The molecule has 5 nitrogen and oxygen atoms in total. The first-order valence-electron chi connectivity index (χ1n) is 7.11. The number of aromatic nitrogens is 4. The highest BCUT2D eigenvalue weighted by atomic mass is 35.5. The molecule has 126 valence electrons. The smallest absolute Gasteiger partial charge is 0.352 e. The fourth-order valence-electron chi connectivity index (χ4n) is 2.23. The van der Waals surface area contributed by atoms with Crippen LogP contribution in [0, 0.1) is 0 Å². The average Bonchev–Trinajstić information content (AvgIpc) is 2.85. The lowest BCUT2D eigenvalue weighted by Gasteiger charge is -2.08. The van der Waals surface area contributed by atoms with Crippen LogP contribution >= 0.6 is 11.6 Å². The molecule has 0 fully saturated rings. The van der Waals surface area contributed by atoms with Crippen LogP contribution in [0.4, 0.5) is 19.1 Å². The van der Waals surface area contributed by atoms with Crippen molar-refractivity contribution in [1.82, 2.24) is 19.7 Å². The highest BCUT2D eigenvalue weighted by Gasteiger charge is 2.37. The first kappa shape index (κ1) is 16.5. The van der Waals surface area contributed by atoms with Gasteiger partial charge in [0.15, 0.2) is 11.3 Å². The van der Waals surface area contributed by atoms with E-state index in [0.29, 0.717) is 10.7 Å². The quantitative estimate of drug-likeness (QED) is 0.760. The standard InChI is InChI=1S/C15H13ClF3N5/c1-8(2)21-14-20-7-11-12(15(17,18)19)23-24(13(11)22-14)10-5-3-4-9(16)6-10/h3-8H,1-2H3,(H,20,21,22). The van der Waals surface area contributed by atoms with Gasteiger partial charge in [0.25, 0.3) is 0 Å². The molecule has 0 saturated heterocycles. The Morgan fingerprint density at radius 3 is 2.62 bits per heavy atom. The third-order valence-corrected chi connectivity index (χ3v) is 3.40. The van der Waals surface area contributed by atoms with Crippen LogP contribution in [0.25, 0.3) is 16.7 Å². The van der Waals surface area contributed by atoms with E-state index in [1.165, 1.54) is 6.07 Å². The highest BCUT2D eigenvalue weighted by molar-refractivity contribution is 6.30. The molecular formula is C15H13ClF3N5. The van der Waals surface area contributed by atoms with Gasteiger partial charge >= 0.3 is 6.18 Å². The molecule has 0 unspecified atom stereocenters. The van der Waals surface area contributed by atoms with E-state index in [0.717, 1.165) is 10.9 Å². The number of alkyl halides is 3. The Hall–Kier alpha value is -2.35.